The zero-order chi connectivity index (χ0) is 19.3. The van der Waals surface area contributed by atoms with Crippen molar-refractivity contribution < 1.29 is 9.47 Å². The van der Waals surface area contributed by atoms with Crippen LogP contribution in [0.25, 0.3) is 0 Å². The van der Waals surface area contributed by atoms with E-state index in [0.29, 0.717) is 12.0 Å². The van der Waals surface area contributed by atoms with Crippen molar-refractivity contribution in [2.75, 3.05) is 10.6 Å². The van der Waals surface area contributed by atoms with Crippen LogP contribution in [-0.4, -0.2) is 34.0 Å². The SMILES string of the molecule is C[C@@H]1C[C@@H](Nc2cc(N[C@H]3CCc4ccccc43)ncn2)[C@@H]2OC(C)(C)O[C@@H]21. The number of aromatic nitrogens is 2. The molecule has 2 aromatic rings. The number of nitrogens with one attached hydrogen (secondary N) is 2. The maximum absolute atomic E-state index is 6.16. The van der Waals surface area contributed by atoms with E-state index in [1.165, 1.54) is 11.1 Å². The molecule has 1 aromatic heterocycles. The van der Waals surface area contributed by atoms with Gasteiger partial charge in [-0.1, -0.05) is 31.2 Å². The summed E-state index contributed by atoms with van der Waals surface area (Å²) in [6.07, 6.45) is 5.03. The average molecular weight is 380 g/mol. The summed E-state index contributed by atoms with van der Waals surface area (Å²) < 4.78 is 12.3. The quantitative estimate of drug-likeness (QED) is 0.838. The third kappa shape index (κ3) is 3.25. The molecule has 28 heavy (non-hydrogen) atoms. The summed E-state index contributed by atoms with van der Waals surface area (Å²) in [5.74, 6) is 1.62. The van der Waals surface area contributed by atoms with Crippen molar-refractivity contribution in [2.45, 2.75) is 70.1 Å². The number of benzene rings is 1. The van der Waals surface area contributed by atoms with E-state index in [9.17, 15) is 0 Å². The molecule has 0 radical (unpaired) electrons. The number of ether oxygens (including phenoxy) is 2. The van der Waals surface area contributed by atoms with Crippen molar-refractivity contribution >= 4 is 11.6 Å². The Hall–Kier alpha value is -2.18. The number of rotatable bonds is 4. The van der Waals surface area contributed by atoms with Gasteiger partial charge in [-0.2, -0.15) is 0 Å². The molecule has 0 unspecified atom stereocenters. The number of hydrogen-bond donors (Lipinski definition) is 2. The molecule has 6 heteroatoms. The van der Waals surface area contributed by atoms with Crippen LogP contribution in [0.2, 0.25) is 0 Å². The first-order chi connectivity index (χ1) is 13.5. The molecule has 1 saturated heterocycles. The second-order valence-corrected chi connectivity index (χ2v) is 8.75. The van der Waals surface area contributed by atoms with Gasteiger partial charge in [0.25, 0.3) is 0 Å². The van der Waals surface area contributed by atoms with Crippen LogP contribution in [0.4, 0.5) is 11.6 Å². The second kappa shape index (κ2) is 6.71. The van der Waals surface area contributed by atoms with Crippen LogP contribution >= 0.6 is 0 Å². The number of aryl methyl sites for hydroxylation is 1. The Morgan fingerprint density at radius 3 is 2.64 bits per heavy atom. The normalized spacial score (nSPS) is 32.8. The largest absolute Gasteiger partial charge is 0.364 e. The molecule has 3 aliphatic rings. The molecule has 1 saturated carbocycles. The lowest BCUT2D eigenvalue weighted by Gasteiger charge is -2.23. The van der Waals surface area contributed by atoms with Gasteiger partial charge in [0.15, 0.2) is 5.79 Å². The predicted octanol–water partition coefficient (Wildman–Crippen LogP) is 3.92. The van der Waals surface area contributed by atoms with E-state index >= 15 is 0 Å². The molecular weight excluding hydrogens is 352 g/mol. The first-order valence-corrected chi connectivity index (χ1v) is 10.3. The molecule has 1 aromatic carbocycles. The third-order valence-electron chi connectivity index (χ3n) is 6.20. The van der Waals surface area contributed by atoms with Gasteiger partial charge in [-0.05, 0) is 50.2 Å². The van der Waals surface area contributed by atoms with Crippen LogP contribution in [0.3, 0.4) is 0 Å². The van der Waals surface area contributed by atoms with Crippen molar-refractivity contribution in [2.24, 2.45) is 5.92 Å². The minimum absolute atomic E-state index is 0.0538. The van der Waals surface area contributed by atoms with E-state index in [-0.39, 0.29) is 18.2 Å². The van der Waals surface area contributed by atoms with E-state index in [0.717, 1.165) is 30.9 Å². The summed E-state index contributed by atoms with van der Waals surface area (Å²) in [6.45, 7) is 6.21. The smallest absolute Gasteiger partial charge is 0.163 e. The fraction of sp³-hybridized carbons (Fsp3) is 0.545. The van der Waals surface area contributed by atoms with Crippen molar-refractivity contribution in [3.8, 4) is 0 Å². The van der Waals surface area contributed by atoms with Crippen molar-refractivity contribution in [1.82, 2.24) is 9.97 Å². The van der Waals surface area contributed by atoms with E-state index in [4.69, 9.17) is 9.47 Å². The molecule has 0 spiro atoms. The Labute approximate surface area is 166 Å². The highest BCUT2D eigenvalue weighted by atomic mass is 16.8. The minimum Gasteiger partial charge on any atom is -0.364 e. The number of fused-ring (bicyclic) bond motifs is 2. The van der Waals surface area contributed by atoms with Gasteiger partial charge >= 0.3 is 0 Å². The van der Waals surface area contributed by atoms with Gasteiger partial charge in [0, 0.05) is 6.07 Å². The molecular formula is C22H28N4O2. The molecule has 2 fully saturated rings. The second-order valence-electron chi connectivity index (χ2n) is 8.75. The Balaban J connectivity index is 1.29. The topological polar surface area (TPSA) is 68.3 Å². The summed E-state index contributed by atoms with van der Waals surface area (Å²) in [7, 11) is 0. The van der Waals surface area contributed by atoms with Gasteiger partial charge in [0.2, 0.25) is 0 Å². The molecule has 5 atom stereocenters. The maximum atomic E-state index is 6.16. The monoisotopic (exact) mass is 380 g/mol. The summed E-state index contributed by atoms with van der Waals surface area (Å²) >= 11 is 0. The highest BCUT2D eigenvalue weighted by molar-refractivity contribution is 5.50. The third-order valence-corrected chi connectivity index (χ3v) is 6.20. The van der Waals surface area contributed by atoms with Gasteiger partial charge in [-0.15, -0.1) is 0 Å². The van der Waals surface area contributed by atoms with E-state index < -0.39 is 5.79 Å². The maximum Gasteiger partial charge on any atom is 0.163 e. The average Bonchev–Trinajstić information content (AvgIpc) is 3.29. The molecule has 2 aliphatic carbocycles. The zero-order valence-electron chi connectivity index (χ0n) is 16.7. The standard InChI is InChI=1S/C22H28N4O2/c1-13-10-17(21-20(13)27-22(2,3)28-21)26-19-11-18(23-12-24-19)25-16-9-8-14-6-4-5-7-15(14)16/h4-7,11-13,16-17,20-21H,8-10H2,1-3H3,(H2,23,24,25,26)/t13-,16+,17-,20-,21+/m1/s1. The Kier molecular flexibility index (Phi) is 4.29. The number of nitrogens with zero attached hydrogens (tertiary/aromatic N) is 2. The Morgan fingerprint density at radius 1 is 1.04 bits per heavy atom. The fourth-order valence-corrected chi connectivity index (χ4v) is 4.97. The van der Waals surface area contributed by atoms with Gasteiger partial charge in [-0.3, -0.25) is 0 Å². The van der Waals surface area contributed by atoms with Crippen molar-refractivity contribution in [3.63, 3.8) is 0 Å². The first-order valence-electron chi connectivity index (χ1n) is 10.3. The number of anilines is 2. The van der Waals surface area contributed by atoms with Crippen LogP contribution < -0.4 is 10.6 Å². The van der Waals surface area contributed by atoms with Gasteiger partial charge < -0.3 is 20.1 Å². The van der Waals surface area contributed by atoms with E-state index in [1.807, 2.05) is 19.9 Å². The van der Waals surface area contributed by atoms with Crippen LogP contribution in [0.1, 0.15) is 50.8 Å². The molecule has 2 N–H and O–H groups in total. The molecule has 0 bridgehead atoms. The lowest BCUT2D eigenvalue weighted by Crippen LogP contribution is -2.34. The molecule has 148 valence electrons. The lowest BCUT2D eigenvalue weighted by molar-refractivity contribution is -0.156. The van der Waals surface area contributed by atoms with Gasteiger partial charge in [-0.25, -0.2) is 9.97 Å². The van der Waals surface area contributed by atoms with Crippen LogP contribution in [0.15, 0.2) is 36.7 Å². The van der Waals surface area contributed by atoms with Crippen LogP contribution in [-0.2, 0) is 15.9 Å². The summed E-state index contributed by atoms with van der Waals surface area (Å²) in [4.78, 5) is 8.88. The Bertz CT molecular complexity index is 871. The van der Waals surface area contributed by atoms with Gasteiger partial charge in [0.05, 0.1) is 18.2 Å². The van der Waals surface area contributed by atoms with Gasteiger partial charge in [0.1, 0.15) is 24.1 Å². The molecule has 2 heterocycles. The van der Waals surface area contributed by atoms with E-state index in [1.54, 1.807) is 6.33 Å². The van der Waals surface area contributed by atoms with Crippen LogP contribution in [0, 0.1) is 5.92 Å². The molecule has 1 aliphatic heterocycles. The summed E-state index contributed by atoms with van der Waals surface area (Å²) in [5, 5.41) is 7.15. The minimum atomic E-state index is -0.516. The fourth-order valence-electron chi connectivity index (χ4n) is 4.97. The number of hydrogen-bond acceptors (Lipinski definition) is 6. The first kappa shape index (κ1) is 17.9. The van der Waals surface area contributed by atoms with E-state index in [2.05, 4.69) is 51.8 Å². The Morgan fingerprint density at radius 2 is 1.79 bits per heavy atom. The zero-order valence-corrected chi connectivity index (χ0v) is 16.7. The highest BCUT2D eigenvalue weighted by Gasteiger charge is 2.52. The molecule has 6 nitrogen and oxygen atoms in total. The summed E-state index contributed by atoms with van der Waals surface area (Å²) in [5.41, 5.74) is 2.81. The van der Waals surface area contributed by atoms with Crippen molar-refractivity contribution in [1.29, 1.82) is 0 Å². The molecule has 0 amide bonds. The summed E-state index contributed by atoms with van der Waals surface area (Å²) in [6, 6.07) is 11.1. The lowest BCUT2D eigenvalue weighted by atomic mass is 10.1. The van der Waals surface area contributed by atoms with Crippen molar-refractivity contribution in [3.05, 3.63) is 47.8 Å². The highest BCUT2D eigenvalue weighted by Crippen LogP contribution is 2.42. The predicted molar refractivity (Wildman–Crippen MR) is 108 cm³/mol. The molecule has 5 rings (SSSR count). The van der Waals surface area contributed by atoms with Crippen LogP contribution in [0.5, 0.6) is 0 Å².